The lowest BCUT2D eigenvalue weighted by Crippen LogP contribution is -2.27. The molecule has 1 aromatic heterocycles. The zero-order chi connectivity index (χ0) is 22.7. The summed E-state index contributed by atoms with van der Waals surface area (Å²) in [4.78, 5) is 42.7. The minimum Gasteiger partial charge on any atom is -0.452 e. The summed E-state index contributed by atoms with van der Waals surface area (Å²) >= 11 is 5.89. The van der Waals surface area contributed by atoms with Crippen molar-refractivity contribution in [2.45, 2.75) is 18.9 Å². The lowest BCUT2D eigenvalue weighted by atomic mass is 10.1. The molecule has 0 saturated carbocycles. The summed E-state index contributed by atoms with van der Waals surface area (Å²) in [5, 5.41) is 15.7. The first-order valence-electron chi connectivity index (χ1n) is 9.61. The van der Waals surface area contributed by atoms with E-state index in [1.165, 1.54) is 0 Å². The Kier molecular flexibility index (Phi) is 5.87. The van der Waals surface area contributed by atoms with Crippen molar-refractivity contribution in [2.75, 3.05) is 10.6 Å². The van der Waals surface area contributed by atoms with Crippen LogP contribution in [0.25, 0.3) is 11.3 Å². The predicted molar refractivity (Wildman–Crippen MR) is 117 cm³/mol. The number of carbonyl (C=O) groups is 2. The third-order valence-corrected chi connectivity index (χ3v) is 4.99. The first-order valence-corrected chi connectivity index (χ1v) is 9.98. The third-order valence-electron chi connectivity index (χ3n) is 4.74. The second kappa shape index (κ2) is 8.91. The topological polar surface area (TPSA) is 137 Å². The maximum absolute atomic E-state index is 12.4. The average molecular weight is 450 g/mol. The van der Waals surface area contributed by atoms with Gasteiger partial charge in [0.2, 0.25) is 5.95 Å². The summed E-state index contributed by atoms with van der Waals surface area (Å²) < 4.78 is 4.95. The number of rotatable bonds is 5. The summed E-state index contributed by atoms with van der Waals surface area (Å²) in [6.07, 6.45) is -0.244. The SMILES string of the molecule is N#Cc1c(-c2ccc(NC(=O)C3CCC(=O)O3)cc2)nc(Nc2ccc(Cl)cc2)[nH]c1=O. The minimum atomic E-state index is -0.803. The van der Waals surface area contributed by atoms with Crippen molar-refractivity contribution in [3.8, 4) is 17.3 Å². The van der Waals surface area contributed by atoms with Gasteiger partial charge in [0.15, 0.2) is 6.10 Å². The van der Waals surface area contributed by atoms with Gasteiger partial charge in [0, 0.05) is 34.8 Å². The molecular formula is C22H16ClN5O4. The van der Waals surface area contributed by atoms with Crippen LogP contribution in [0.2, 0.25) is 5.02 Å². The Labute approximate surface area is 187 Å². The summed E-state index contributed by atoms with van der Waals surface area (Å²) in [6.45, 7) is 0. The molecule has 0 aliphatic carbocycles. The van der Waals surface area contributed by atoms with Crippen LogP contribution in [0.5, 0.6) is 0 Å². The highest BCUT2D eigenvalue weighted by atomic mass is 35.5. The number of hydrogen-bond donors (Lipinski definition) is 3. The zero-order valence-corrected chi connectivity index (χ0v) is 17.3. The molecule has 0 bridgehead atoms. The first kappa shape index (κ1) is 21.1. The van der Waals surface area contributed by atoms with Crippen LogP contribution in [0.1, 0.15) is 18.4 Å². The fourth-order valence-electron chi connectivity index (χ4n) is 3.16. The smallest absolute Gasteiger partial charge is 0.306 e. The molecule has 2 aromatic carbocycles. The number of nitrogens with one attached hydrogen (secondary N) is 3. The van der Waals surface area contributed by atoms with Gasteiger partial charge in [-0.2, -0.15) is 5.26 Å². The Morgan fingerprint density at radius 1 is 1.12 bits per heavy atom. The largest absolute Gasteiger partial charge is 0.452 e. The van der Waals surface area contributed by atoms with Crippen LogP contribution in [0, 0.1) is 11.3 Å². The Bertz CT molecular complexity index is 1280. The van der Waals surface area contributed by atoms with Gasteiger partial charge in [0.25, 0.3) is 11.5 Å². The van der Waals surface area contributed by atoms with Gasteiger partial charge >= 0.3 is 5.97 Å². The molecule has 160 valence electrons. The first-order chi connectivity index (χ1) is 15.4. The second-order valence-corrected chi connectivity index (χ2v) is 7.40. The van der Waals surface area contributed by atoms with Gasteiger partial charge in [-0.15, -0.1) is 0 Å². The van der Waals surface area contributed by atoms with E-state index >= 15 is 0 Å². The Morgan fingerprint density at radius 2 is 1.81 bits per heavy atom. The van der Waals surface area contributed by atoms with E-state index in [1.807, 2.05) is 6.07 Å². The lowest BCUT2D eigenvalue weighted by molar-refractivity contribution is -0.146. The maximum Gasteiger partial charge on any atom is 0.306 e. The fraction of sp³-hybridized carbons (Fsp3) is 0.136. The molecule has 1 fully saturated rings. The summed E-state index contributed by atoms with van der Waals surface area (Å²) in [6, 6.07) is 15.2. The predicted octanol–water partition coefficient (Wildman–Crippen LogP) is 3.35. The molecule has 1 amide bonds. The number of ether oxygens (including phenoxy) is 1. The standard InChI is InChI=1S/C22H16ClN5O4/c23-13-3-7-15(8-4-13)26-22-27-19(16(11-24)20(30)28-22)12-1-5-14(6-2-12)25-21(31)17-9-10-18(29)32-17/h1-8,17H,9-10H2,(H,25,31)(H2,26,27,28,30). The van der Waals surface area contributed by atoms with Crippen molar-refractivity contribution in [3.05, 3.63) is 69.5 Å². The number of cyclic esters (lactones) is 1. The van der Waals surface area contributed by atoms with Crippen molar-refractivity contribution in [1.82, 2.24) is 9.97 Å². The van der Waals surface area contributed by atoms with Crippen molar-refractivity contribution in [2.24, 2.45) is 0 Å². The molecule has 1 aliphatic heterocycles. The van der Waals surface area contributed by atoms with E-state index in [2.05, 4.69) is 20.6 Å². The molecule has 0 radical (unpaired) electrons. The molecule has 3 N–H and O–H groups in total. The second-order valence-electron chi connectivity index (χ2n) is 6.97. The van der Waals surface area contributed by atoms with Gasteiger partial charge in [-0.25, -0.2) is 4.98 Å². The third kappa shape index (κ3) is 4.61. The molecule has 2 heterocycles. The number of aromatic amines is 1. The van der Waals surface area contributed by atoms with Gasteiger partial charge < -0.3 is 15.4 Å². The molecule has 0 spiro atoms. The quantitative estimate of drug-likeness (QED) is 0.508. The Balaban J connectivity index is 1.58. The number of anilines is 3. The number of halogens is 1. The van der Waals surface area contributed by atoms with Crippen LogP contribution in [-0.4, -0.2) is 27.9 Å². The normalized spacial score (nSPS) is 15.0. The molecule has 3 aromatic rings. The number of H-pyrrole nitrogens is 1. The van der Waals surface area contributed by atoms with E-state index in [0.717, 1.165) is 0 Å². The molecular weight excluding hydrogens is 434 g/mol. The molecule has 4 rings (SSSR count). The number of nitriles is 1. The summed E-state index contributed by atoms with van der Waals surface area (Å²) in [7, 11) is 0. The fourth-order valence-corrected chi connectivity index (χ4v) is 3.29. The minimum absolute atomic E-state index is 0.138. The van der Waals surface area contributed by atoms with Crippen LogP contribution in [0.3, 0.4) is 0 Å². The highest BCUT2D eigenvalue weighted by Gasteiger charge is 2.29. The van der Waals surface area contributed by atoms with Crippen LogP contribution >= 0.6 is 11.6 Å². The van der Waals surface area contributed by atoms with Gasteiger partial charge in [-0.1, -0.05) is 23.7 Å². The number of nitrogens with zero attached hydrogens (tertiary/aromatic N) is 2. The van der Waals surface area contributed by atoms with Crippen molar-refractivity contribution < 1.29 is 14.3 Å². The van der Waals surface area contributed by atoms with Crippen LogP contribution < -0.4 is 16.2 Å². The average Bonchev–Trinajstić information content (AvgIpc) is 3.22. The Morgan fingerprint density at radius 3 is 2.44 bits per heavy atom. The van der Waals surface area contributed by atoms with Crippen LogP contribution in [0.4, 0.5) is 17.3 Å². The van der Waals surface area contributed by atoms with Gasteiger partial charge in [0.1, 0.15) is 11.6 Å². The number of esters is 1. The maximum atomic E-state index is 12.4. The van der Waals surface area contributed by atoms with E-state index in [4.69, 9.17) is 16.3 Å². The van der Waals surface area contributed by atoms with E-state index in [1.54, 1.807) is 48.5 Å². The van der Waals surface area contributed by atoms with Crippen molar-refractivity contribution in [1.29, 1.82) is 5.26 Å². The summed E-state index contributed by atoms with van der Waals surface area (Å²) in [5.41, 5.74) is 1.10. The van der Waals surface area contributed by atoms with Gasteiger partial charge in [-0.3, -0.25) is 19.4 Å². The van der Waals surface area contributed by atoms with E-state index in [0.29, 0.717) is 28.4 Å². The van der Waals surface area contributed by atoms with Crippen molar-refractivity contribution >= 4 is 40.8 Å². The van der Waals surface area contributed by atoms with Gasteiger partial charge in [-0.05, 0) is 36.4 Å². The number of hydrogen-bond acceptors (Lipinski definition) is 7. The van der Waals surface area contributed by atoms with Crippen molar-refractivity contribution in [3.63, 3.8) is 0 Å². The Hall–Kier alpha value is -4.16. The monoisotopic (exact) mass is 449 g/mol. The number of aromatic nitrogens is 2. The van der Waals surface area contributed by atoms with E-state index in [9.17, 15) is 19.6 Å². The highest BCUT2D eigenvalue weighted by Crippen LogP contribution is 2.24. The van der Waals surface area contributed by atoms with Crippen LogP contribution in [-0.2, 0) is 14.3 Å². The zero-order valence-electron chi connectivity index (χ0n) is 16.5. The lowest BCUT2D eigenvalue weighted by Gasteiger charge is -2.11. The number of carbonyl (C=O) groups excluding carboxylic acids is 2. The highest BCUT2D eigenvalue weighted by molar-refractivity contribution is 6.30. The van der Waals surface area contributed by atoms with Crippen LogP contribution in [0.15, 0.2) is 53.3 Å². The molecule has 32 heavy (non-hydrogen) atoms. The van der Waals surface area contributed by atoms with E-state index < -0.39 is 23.5 Å². The molecule has 1 saturated heterocycles. The molecule has 10 heteroatoms. The van der Waals surface area contributed by atoms with Gasteiger partial charge in [0.05, 0.1) is 5.69 Å². The number of benzene rings is 2. The molecule has 1 atom stereocenters. The molecule has 1 unspecified atom stereocenters. The molecule has 9 nitrogen and oxygen atoms in total. The summed E-state index contributed by atoms with van der Waals surface area (Å²) in [5.74, 6) is -0.648. The number of amides is 1. The molecule has 1 aliphatic rings. The van der Waals surface area contributed by atoms with E-state index in [-0.39, 0.29) is 23.6 Å².